The maximum atomic E-state index is 12.9. The minimum atomic E-state index is -0.106. The van der Waals surface area contributed by atoms with Crippen LogP contribution in [-0.4, -0.2) is 29.7 Å². The summed E-state index contributed by atoms with van der Waals surface area (Å²) in [6.07, 6.45) is 1.78. The third-order valence-corrected chi connectivity index (χ3v) is 4.17. The van der Waals surface area contributed by atoms with E-state index in [-0.39, 0.29) is 5.91 Å². The van der Waals surface area contributed by atoms with Gasteiger partial charge in [-0.25, -0.2) is 0 Å². The Labute approximate surface area is 138 Å². The summed E-state index contributed by atoms with van der Waals surface area (Å²) in [7, 11) is 3.25. The van der Waals surface area contributed by atoms with Crippen LogP contribution in [0.25, 0.3) is 21.8 Å². The third kappa shape index (κ3) is 2.22. The lowest BCUT2D eigenvalue weighted by Crippen LogP contribution is -2.10. The zero-order valence-electron chi connectivity index (χ0n) is 13.4. The highest BCUT2D eigenvalue weighted by Crippen LogP contribution is 2.25. The van der Waals surface area contributed by atoms with Crippen molar-refractivity contribution in [3.8, 4) is 11.5 Å². The van der Waals surface area contributed by atoms with E-state index in [2.05, 4.69) is 4.98 Å². The molecule has 0 aliphatic heterocycles. The van der Waals surface area contributed by atoms with Gasteiger partial charge in [-0.05, 0) is 48.5 Å². The molecule has 0 aliphatic rings. The first-order chi connectivity index (χ1) is 11.7. The van der Waals surface area contributed by atoms with Crippen LogP contribution >= 0.6 is 0 Å². The number of nitrogens with one attached hydrogen (secondary N) is 1. The van der Waals surface area contributed by atoms with Gasteiger partial charge in [-0.1, -0.05) is 0 Å². The van der Waals surface area contributed by atoms with Crippen LogP contribution in [0.1, 0.15) is 10.5 Å². The van der Waals surface area contributed by atoms with Gasteiger partial charge < -0.3 is 14.5 Å². The molecule has 5 heteroatoms. The van der Waals surface area contributed by atoms with Gasteiger partial charge in [0, 0.05) is 22.5 Å². The van der Waals surface area contributed by atoms with E-state index in [0.29, 0.717) is 5.69 Å². The molecule has 0 saturated heterocycles. The number of aromatic amines is 1. The number of benzene rings is 2. The molecule has 0 aliphatic carbocycles. The first-order valence-electron chi connectivity index (χ1n) is 7.56. The van der Waals surface area contributed by atoms with E-state index in [4.69, 9.17) is 9.47 Å². The standard InChI is InChI=1S/C19H16N2O3/c1-23-14-3-5-16-13(10-14)11-17(20-16)19(22)21-8-7-12-9-15(24-2)4-6-18(12)21/h3-11,20H,1-2H3. The van der Waals surface area contributed by atoms with Crippen molar-refractivity contribution in [2.45, 2.75) is 0 Å². The summed E-state index contributed by atoms with van der Waals surface area (Å²) in [5.41, 5.74) is 2.28. The lowest BCUT2D eigenvalue weighted by atomic mass is 10.2. The second kappa shape index (κ2) is 5.45. The Morgan fingerprint density at radius 1 is 0.917 bits per heavy atom. The predicted octanol–water partition coefficient (Wildman–Crippen LogP) is 3.83. The lowest BCUT2D eigenvalue weighted by molar-refractivity contribution is 0.0961. The molecule has 2 aromatic heterocycles. The average Bonchev–Trinajstić information content (AvgIpc) is 3.23. The fourth-order valence-corrected chi connectivity index (χ4v) is 2.91. The van der Waals surface area contributed by atoms with Crippen LogP contribution in [0.5, 0.6) is 11.5 Å². The molecule has 0 atom stereocenters. The summed E-state index contributed by atoms with van der Waals surface area (Å²) < 4.78 is 12.1. The van der Waals surface area contributed by atoms with Gasteiger partial charge in [0.15, 0.2) is 0 Å². The molecule has 0 saturated carbocycles. The number of carbonyl (C=O) groups excluding carboxylic acids is 1. The summed E-state index contributed by atoms with van der Waals surface area (Å²) in [5, 5.41) is 1.90. The van der Waals surface area contributed by atoms with Crippen molar-refractivity contribution in [2.24, 2.45) is 0 Å². The van der Waals surface area contributed by atoms with E-state index in [9.17, 15) is 4.79 Å². The Bertz CT molecular complexity index is 1060. The van der Waals surface area contributed by atoms with Gasteiger partial charge in [0.05, 0.1) is 19.7 Å². The molecule has 0 bridgehead atoms. The highest BCUT2D eigenvalue weighted by atomic mass is 16.5. The summed E-state index contributed by atoms with van der Waals surface area (Å²) in [4.78, 5) is 16.0. The monoisotopic (exact) mass is 320 g/mol. The van der Waals surface area contributed by atoms with Crippen molar-refractivity contribution >= 4 is 27.7 Å². The molecule has 4 rings (SSSR count). The molecule has 5 nitrogen and oxygen atoms in total. The number of carbonyl (C=O) groups is 1. The Balaban J connectivity index is 1.78. The summed E-state index contributed by atoms with van der Waals surface area (Å²) in [6.45, 7) is 0. The molecule has 0 amide bonds. The highest BCUT2D eigenvalue weighted by molar-refractivity contribution is 6.04. The molecule has 2 aromatic carbocycles. The van der Waals surface area contributed by atoms with Crippen LogP contribution < -0.4 is 9.47 Å². The number of fused-ring (bicyclic) bond motifs is 2. The van der Waals surface area contributed by atoms with Crippen molar-refractivity contribution in [3.05, 3.63) is 60.4 Å². The number of hydrogen-bond acceptors (Lipinski definition) is 3. The lowest BCUT2D eigenvalue weighted by Gasteiger charge is -2.03. The maximum absolute atomic E-state index is 12.9. The van der Waals surface area contributed by atoms with E-state index < -0.39 is 0 Å². The minimum absolute atomic E-state index is 0.106. The molecular weight excluding hydrogens is 304 g/mol. The largest absolute Gasteiger partial charge is 0.497 e. The number of methoxy groups -OCH3 is 2. The highest BCUT2D eigenvalue weighted by Gasteiger charge is 2.14. The first-order valence-corrected chi connectivity index (χ1v) is 7.56. The van der Waals surface area contributed by atoms with Gasteiger partial charge in [0.25, 0.3) is 5.91 Å². The van der Waals surface area contributed by atoms with Gasteiger partial charge in [-0.2, -0.15) is 0 Å². The Morgan fingerprint density at radius 2 is 1.62 bits per heavy atom. The van der Waals surface area contributed by atoms with Gasteiger partial charge in [-0.3, -0.25) is 9.36 Å². The number of hydrogen-bond donors (Lipinski definition) is 1. The van der Waals surface area contributed by atoms with Crippen molar-refractivity contribution in [1.29, 1.82) is 0 Å². The number of nitrogens with zero attached hydrogens (tertiary/aromatic N) is 1. The van der Waals surface area contributed by atoms with E-state index >= 15 is 0 Å². The third-order valence-electron chi connectivity index (χ3n) is 4.17. The van der Waals surface area contributed by atoms with Crippen LogP contribution in [-0.2, 0) is 0 Å². The van der Waals surface area contributed by atoms with Gasteiger partial charge in [0.1, 0.15) is 17.2 Å². The van der Waals surface area contributed by atoms with Crippen LogP contribution in [0.3, 0.4) is 0 Å². The summed E-state index contributed by atoms with van der Waals surface area (Å²) in [6, 6.07) is 15.1. The molecule has 0 unspecified atom stereocenters. The molecule has 0 radical (unpaired) electrons. The maximum Gasteiger partial charge on any atom is 0.278 e. The molecular formula is C19H16N2O3. The van der Waals surface area contributed by atoms with Crippen molar-refractivity contribution in [2.75, 3.05) is 14.2 Å². The van der Waals surface area contributed by atoms with Gasteiger partial charge >= 0.3 is 0 Å². The Hall–Kier alpha value is -3.21. The molecule has 0 fully saturated rings. The van der Waals surface area contributed by atoms with E-state index in [1.165, 1.54) is 0 Å². The molecule has 24 heavy (non-hydrogen) atoms. The van der Waals surface area contributed by atoms with E-state index in [1.54, 1.807) is 25.0 Å². The zero-order chi connectivity index (χ0) is 16.7. The number of aromatic nitrogens is 2. The van der Waals surface area contributed by atoms with E-state index in [1.807, 2.05) is 48.5 Å². The quantitative estimate of drug-likeness (QED) is 0.624. The summed E-state index contributed by atoms with van der Waals surface area (Å²) in [5.74, 6) is 1.43. The predicted molar refractivity (Wildman–Crippen MR) is 93.1 cm³/mol. The van der Waals surface area contributed by atoms with Crippen LogP contribution in [0.4, 0.5) is 0 Å². The molecule has 120 valence electrons. The van der Waals surface area contributed by atoms with Gasteiger partial charge in [-0.15, -0.1) is 0 Å². The number of H-pyrrole nitrogens is 1. The average molecular weight is 320 g/mol. The van der Waals surface area contributed by atoms with Crippen molar-refractivity contribution in [3.63, 3.8) is 0 Å². The van der Waals surface area contributed by atoms with Crippen LogP contribution in [0, 0.1) is 0 Å². The molecule has 0 spiro atoms. The fraction of sp³-hybridized carbons (Fsp3) is 0.105. The number of ether oxygens (including phenoxy) is 2. The minimum Gasteiger partial charge on any atom is -0.497 e. The SMILES string of the molecule is COc1ccc2[nH]c(C(=O)n3ccc4cc(OC)ccc43)cc2c1. The zero-order valence-corrected chi connectivity index (χ0v) is 13.4. The van der Waals surface area contributed by atoms with Crippen molar-refractivity contribution < 1.29 is 14.3 Å². The van der Waals surface area contributed by atoms with Crippen molar-refractivity contribution in [1.82, 2.24) is 9.55 Å². The summed E-state index contributed by atoms with van der Waals surface area (Å²) >= 11 is 0. The number of rotatable bonds is 3. The molecule has 1 N–H and O–H groups in total. The first kappa shape index (κ1) is 14.4. The fourth-order valence-electron chi connectivity index (χ4n) is 2.91. The second-order valence-electron chi connectivity index (χ2n) is 5.55. The normalized spacial score (nSPS) is 11.1. The van der Waals surface area contributed by atoms with E-state index in [0.717, 1.165) is 33.3 Å². The van der Waals surface area contributed by atoms with Crippen LogP contribution in [0.15, 0.2) is 54.7 Å². The smallest absolute Gasteiger partial charge is 0.278 e. The van der Waals surface area contributed by atoms with Crippen LogP contribution in [0.2, 0.25) is 0 Å². The Kier molecular flexibility index (Phi) is 3.27. The second-order valence-corrected chi connectivity index (χ2v) is 5.55. The van der Waals surface area contributed by atoms with Gasteiger partial charge in [0.2, 0.25) is 0 Å². The Morgan fingerprint density at radius 3 is 2.38 bits per heavy atom. The topological polar surface area (TPSA) is 56.2 Å². The molecule has 4 aromatic rings. The molecule has 2 heterocycles.